The van der Waals surface area contributed by atoms with E-state index in [0.29, 0.717) is 39.2 Å². The van der Waals surface area contributed by atoms with Crippen molar-refractivity contribution in [1.29, 1.82) is 5.26 Å². The van der Waals surface area contributed by atoms with Crippen molar-refractivity contribution >= 4 is 5.91 Å². The number of hydrogen-bond donors (Lipinski definition) is 1. The molecule has 1 N–H and O–H groups in total. The van der Waals surface area contributed by atoms with Gasteiger partial charge in [-0.15, -0.1) is 0 Å². The standard InChI is InChI=1S/C18H22N2O4/c1-22-15-3-2-14-8-13(11-24-16(14)9-15)10-20-17(21)18(12-19)4-6-23-7-5-18/h2-3,9,13H,4-8,10-11H2,1H3,(H,20,21). The number of nitrogens with zero attached hydrogens (tertiary/aromatic N) is 1. The minimum absolute atomic E-state index is 0.186. The summed E-state index contributed by atoms with van der Waals surface area (Å²) >= 11 is 0. The van der Waals surface area contributed by atoms with Crippen LogP contribution in [0.4, 0.5) is 0 Å². The van der Waals surface area contributed by atoms with Crippen LogP contribution >= 0.6 is 0 Å². The van der Waals surface area contributed by atoms with Gasteiger partial charge < -0.3 is 19.5 Å². The van der Waals surface area contributed by atoms with Crippen molar-refractivity contribution in [3.8, 4) is 17.6 Å². The SMILES string of the molecule is COc1ccc2c(c1)OCC(CNC(=O)C1(C#N)CCOCC1)C2. The van der Waals surface area contributed by atoms with E-state index in [2.05, 4.69) is 11.4 Å². The van der Waals surface area contributed by atoms with Gasteiger partial charge in [-0.2, -0.15) is 5.26 Å². The van der Waals surface area contributed by atoms with Crippen molar-refractivity contribution in [1.82, 2.24) is 5.32 Å². The first kappa shape index (κ1) is 16.6. The Hall–Kier alpha value is -2.26. The first-order valence-electron chi connectivity index (χ1n) is 8.24. The summed E-state index contributed by atoms with van der Waals surface area (Å²) in [6.07, 6.45) is 1.75. The van der Waals surface area contributed by atoms with E-state index >= 15 is 0 Å². The lowest BCUT2D eigenvalue weighted by atomic mass is 9.80. The molecule has 0 saturated carbocycles. The average molecular weight is 330 g/mol. The number of amides is 1. The lowest BCUT2D eigenvalue weighted by Gasteiger charge is -2.31. The van der Waals surface area contributed by atoms with E-state index in [1.54, 1.807) is 7.11 Å². The molecule has 1 atom stereocenters. The highest BCUT2D eigenvalue weighted by molar-refractivity contribution is 5.85. The van der Waals surface area contributed by atoms with Gasteiger partial charge in [-0.1, -0.05) is 6.07 Å². The Morgan fingerprint density at radius 3 is 2.96 bits per heavy atom. The third-order valence-electron chi connectivity index (χ3n) is 4.80. The summed E-state index contributed by atoms with van der Waals surface area (Å²) in [4.78, 5) is 12.5. The van der Waals surface area contributed by atoms with Gasteiger partial charge in [0.25, 0.3) is 0 Å². The topological polar surface area (TPSA) is 80.6 Å². The fourth-order valence-electron chi connectivity index (χ4n) is 3.19. The van der Waals surface area contributed by atoms with Gasteiger partial charge in [0.05, 0.1) is 19.8 Å². The van der Waals surface area contributed by atoms with Crippen molar-refractivity contribution in [2.24, 2.45) is 11.3 Å². The fourth-order valence-corrected chi connectivity index (χ4v) is 3.19. The maximum absolute atomic E-state index is 12.5. The number of methoxy groups -OCH3 is 1. The van der Waals surface area contributed by atoms with Gasteiger partial charge in [0, 0.05) is 31.7 Å². The number of carbonyl (C=O) groups is 1. The van der Waals surface area contributed by atoms with Crippen LogP contribution in [0.3, 0.4) is 0 Å². The molecule has 0 aliphatic carbocycles. The summed E-state index contributed by atoms with van der Waals surface area (Å²) in [5.74, 6) is 1.63. The maximum atomic E-state index is 12.5. The van der Waals surface area contributed by atoms with E-state index in [-0.39, 0.29) is 11.8 Å². The molecule has 0 radical (unpaired) electrons. The zero-order valence-electron chi connectivity index (χ0n) is 13.8. The Balaban J connectivity index is 1.57. The summed E-state index contributed by atoms with van der Waals surface area (Å²) in [7, 11) is 1.63. The van der Waals surface area contributed by atoms with Crippen LogP contribution in [0.5, 0.6) is 11.5 Å². The lowest BCUT2D eigenvalue weighted by Crippen LogP contribution is -2.46. The molecule has 24 heavy (non-hydrogen) atoms. The second kappa shape index (κ2) is 7.10. The third-order valence-corrected chi connectivity index (χ3v) is 4.80. The minimum atomic E-state index is -0.945. The zero-order chi connectivity index (χ0) is 17.0. The summed E-state index contributed by atoms with van der Waals surface area (Å²) in [5.41, 5.74) is 0.168. The van der Waals surface area contributed by atoms with Crippen molar-refractivity contribution in [2.45, 2.75) is 19.3 Å². The van der Waals surface area contributed by atoms with Crippen LogP contribution < -0.4 is 14.8 Å². The molecule has 0 spiro atoms. The second-order valence-electron chi connectivity index (χ2n) is 6.37. The van der Waals surface area contributed by atoms with Crippen LogP contribution in [-0.2, 0) is 16.0 Å². The highest BCUT2D eigenvalue weighted by Gasteiger charge is 2.40. The van der Waals surface area contributed by atoms with E-state index in [9.17, 15) is 10.1 Å². The number of fused-ring (bicyclic) bond motifs is 1. The molecule has 2 heterocycles. The summed E-state index contributed by atoms with van der Waals surface area (Å²) in [6.45, 7) is 1.98. The highest BCUT2D eigenvalue weighted by Crippen LogP contribution is 2.32. The summed E-state index contributed by atoms with van der Waals surface area (Å²) in [5, 5.41) is 12.4. The normalized spacial score (nSPS) is 21.8. The van der Waals surface area contributed by atoms with Crippen LogP contribution in [0.15, 0.2) is 18.2 Å². The van der Waals surface area contributed by atoms with E-state index in [4.69, 9.17) is 14.2 Å². The molecule has 2 aliphatic rings. The molecule has 2 aliphatic heterocycles. The molecule has 1 aromatic carbocycles. The van der Waals surface area contributed by atoms with Crippen LogP contribution in [0.1, 0.15) is 18.4 Å². The molecule has 0 bridgehead atoms. The number of benzene rings is 1. The monoisotopic (exact) mass is 330 g/mol. The average Bonchev–Trinajstić information content (AvgIpc) is 2.65. The molecule has 1 unspecified atom stereocenters. The van der Waals surface area contributed by atoms with Gasteiger partial charge in [0.2, 0.25) is 5.91 Å². The molecule has 1 aromatic rings. The molecule has 128 valence electrons. The van der Waals surface area contributed by atoms with Gasteiger partial charge >= 0.3 is 0 Å². The Labute approximate surface area is 141 Å². The molecule has 6 nitrogen and oxygen atoms in total. The van der Waals surface area contributed by atoms with Gasteiger partial charge in [-0.3, -0.25) is 4.79 Å². The molecule has 3 rings (SSSR count). The lowest BCUT2D eigenvalue weighted by molar-refractivity contribution is -0.132. The van der Waals surface area contributed by atoms with Crippen molar-refractivity contribution in [2.75, 3.05) is 33.5 Å². The van der Waals surface area contributed by atoms with E-state index in [1.807, 2.05) is 18.2 Å². The third kappa shape index (κ3) is 3.31. The maximum Gasteiger partial charge on any atom is 0.240 e. The van der Waals surface area contributed by atoms with Crippen LogP contribution in [0.2, 0.25) is 0 Å². The first-order valence-corrected chi connectivity index (χ1v) is 8.24. The van der Waals surface area contributed by atoms with E-state index < -0.39 is 5.41 Å². The van der Waals surface area contributed by atoms with Crippen LogP contribution in [0.25, 0.3) is 0 Å². The van der Waals surface area contributed by atoms with Gasteiger partial charge in [-0.05, 0) is 30.9 Å². The zero-order valence-corrected chi connectivity index (χ0v) is 13.8. The second-order valence-corrected chi connectivity index (χ2v) is 6.37. The van der Waals surface area contributed by atoms with Crippen molar-refractivity contribution < 1.29 is 19.0 Å². The number of rotatable bonds is 4. The van der Waals surface area contributed by atoms with Crippen LogP contribution in [-0.4, -0.2) is 39.4 Å². The molecule has 1 saturated heterocycles. The Morgan fingerprint density at radius 1 is 1.46 bits per heavy atom. The molecule has 6 heteroatoms. The number of ether oxygens (including phenoxy) is 3. The summed E-state index contributed by atoms with van der Waals surface area (Å²) in [6, 6.07) is 7.99. The summed E-state index contributed by atoms with van der Waals surface area (Å²) < 4.78 is 16.3. The van der Waals surface area contributed by atoms with Gasteiger partial charge in [0.15, 0.2) is 0 Å². The van der Waals surface area contributed by atoms with Crippen molar-refractivity contribution in [3.63, 3.8) is 0 Å². The quantitative estimate of drug-likeness (QED) is 0.908. The van der Waals surface area contributed by atoms with Crippen molar-refractivity contribution in [3.05, 3.63) is 23.8 Å². The van der Waals surface area contributed by atoms with Crippen LogP contribution in [0, 0.1) is 22.7 Å². The van der Waals surface area contributed by atoms with Gasteiger partial charge in [-0.25, -0.2) is 0 Å². The number of nitriles is 1. The Kier molecular flexibility index (Phi) is 4.91. The predicted molar refractivity (Wildman–Crippen MR) is 86.8 cm³/mol. The van der Waals surface area contributed by atoms with E-state index in [0.717, 1.165) is 23.5 Å². The van der Waals surface area contributed by atoms with Gasteiger partial charge in [0.1, 0.15) is 16.9 Å². The van der Waals surface area contributed by atoms with E-state index in [1.165, 1.54) is 0 Å². The molecule has 1 amide bonds. The molecule has 0 aromatic heterocycles. The smallest absolute Gasteiger partial charge is 0.240 e. The minimum Gasteiger partial charge on any atom is -0.497 e. The highest BCUT2D eigenvalue weighted by atomic mass is 16.5. The molecule has 1 fully saturated rings. The molecular formula is C18H22N2O4. The largest absolute Gasteiger partial charge is 0.497 e. The molecular weight excluding hydrogens is 308 g/mol. The Bertz CT molecular complexity index is 647. The number of nitrogens with one attached hydrogen (secondary N) is 1. The first-order chi connectivity index (χ1) is 11.7. The predicted octanol–water partition coefficient (Wildman–Crippen LogP) is 1.68. The number of carbonyl (C=O) groups excluding carboxylic acids is 1. The Morgan fingerprint density at radius 2 is 2.25 bits per heavy atom. The fraction of sp³-hybridized carbons (Fsp3) is 0.556. The number of hydrogen-bond acceptors (Lipinski definition) is 5.